The van der Waals surface area contributed by atoms with Gasteiger partial charge in [-0.1, -0.05) is 17.7 Å². The van der Waals surface area contributed by atoms with E-state index in [9.17, 15) is 9.18 Å². The van der Waals surface area contributed by atoms with Crippen molar-refractivity contribution in [3.05, 3.63) is 77.5 Å². The van der Waals surface area contributed by atoms with Gasteiger partial charge >= 0.3 is 0 Å². The fourth-order valence-corrected chi connectivity index (χ4v) is 2.47. The normalized spacial score (nSPS) is 10.3. The maximum Gasteiger partial charge on any atom is 0.218 e. The summed E-state index contributed by atoms with van der Waals surface area (Å²) >= 11 is 5.99. The third-order valence-electron chi connectivity index (χ3n) is 3.50. The smallest absolute Gasteiger partial charge is 0.218 e. The highest BCUT2D eigenvalue weighted by atomic mass is 35.5. The van der Waals surface area contributed by atoms with Crippen molar-refractivity contribution in [3.8, 4) is 0 Å². The van der Waals surface area contributed by atoms with Gasteiger partial charge < -0.3 is 5.32 Å². The molecule has 0 atom stereocenters. The number of pyridine rings is 2. The summed E-state index contributed by atoms with van der Waals surface area (Å²) in [5.41, 5.74) is 1.86. The molecule has 126 valence electrons. The van der Waals surface area contributed by atoms with Gasteiger partial charge in [0.15, 0.2) is 5.82 Å². The summed E-state index contributed by atoms with van der Waals surface area (Å²) in [6, 6.07) is 12.7. The van der Waals surface area contributed by atoms with E-state index in [1.54, 1.807) is 30.6 Å². The minimum absolute atomic E-state index is 0.283. The number of benzene rings is 1. The molecule has 25 heavy (non-hydrogen) atoms. The van der Waals surface area contributed by atoms with Gasteiger partial charge in [-0.2, -0.15) is 0 Å². The number of nitrogens with one attached hydrogen (secondary N) is 1. The van der Waals surface area contributed by atoms with Crippen LogP contribution in [0.25, 0.3) is 0 Å². The van der Waals surface area contributed by atoms with E-state index >= 15 is 0 Å². The van der Waals surface area contributed by atoms with Crippen molar-refractivity contribution < 1.29 is 9.18 Å². The third-order valence-corrected chi connectivity index (χ3v) is 3.71. The Morgan fingerprint density at radius 2 is 1.96 bits per heavy atom. The molecule has 1 amide bonds. The van der Waals surface area contributed by atoms with Gasteiger partial charge in [0, 0.05) is 18.9 Å². The maximum absolute atomic E-state index is 13.5. The standard InChI is InChI=1S/C18H14ClFN4O/c19-17-5-4-16(24(12-25)15-3-1-2-14(20)10-15)18(23-17)22-11-13-6-8-21-9-7-13/h1-10,12H,11H2,(H,22,23). The number of rotatable bonds is 6. The first kappa shape index (κ1) is 16.9. The molecule has 0 saturated heterocycles. The predicted octanol–water partition coefficient (Wildman–Crippen LogP) is 4.18. The van der Waals surface area contributed by atoms with Gasteiger partial charge in [-0.15, -0.1) is 0 Å². The Bertz CT molecular complexity index is 876. The minimum atomic E-state index is -0.433. The molecule has 3 rings (SSSR count). The summed E-state index contributed by atoms with van der Waals surface area (Å²) in [7, 11) is 0. The van der Waals surface area contributed by atoms with E-state index in [1.807, 2.05) is 12.1 Å². The number of hydrogen-bond acceptors (Lipinski definition) is 4. The zero-order valence-electron chi connectivity index (χ0n) is 13.1. The summed E-state index contributed by atoms with van der Waals surface area (Å²) < 4.78 is 13.5. The Morgan fingerprint density at radius 3 is 2.68 bits per heavy atom. The lowest BCUT2D eigenvalue weighted by Gasteiger charge is -2.21. The van der Waals surface area contributed by atoms with E-state index in [0.717, 1.165) is 5.56 Å². The fourth-order valence-electron chi connectivity index (χ4n) is 2.32. The molecule has 1 aromatic carbocycles. The van der Waals surface area contributed by atoms with Crippen LogP contribution in [0.1, 0.15) is 5.56 Å². The molecule has 0 unspecified atom stereocenters. The van der Waals surface area contributed by atoms with Crippen molar-refractivity contribution in [1.82, 2.24) is 9.97 Å². The fraction of sp³-hybridized carbons (Fsp3) is 0.0556. The summed E-state index contributed by atoms with van der Waals surface area (Å²) in [6.45, 7) is 0.471. The van der Waals surface area contributed by atoms with Gasteiger partial charge in [-0.05, 0) is 48.0 Å². The monoisotopic (exact) mass is 356 g/mol. The van der Waals surface area contributed by atoms with Crippen LogP contribution < -0.4 is 10.2 Å². The summed E-state index contributed by atoms with van der Waals surface area (Å²) in [6.07, 6.45) is 3.99. The van der Waals surface area contributed by atoms with Crippen LogP contribution in [0.2, 0.25) is 5.15 Å². The van der Waals surface area contributed by atoms with Crippen LogP contribution in [0, 0.1) is 5.82 Å². The molecular weight excluding hydrogens is 343 g/mol. The molecule has 0 saturated carbocycles. The van der Waals surface area contributed by atoms with Crippen LogP contribution >= 0.6 is 11.6 Å². The molecule has 7 heteroatoms. The molecule has 0 fully saturated rings. The van der Waals surface area contributed by atoms with Gasteiger partial charge in [0.05, 0.1) is 11.4 Å². The van der Waals surface area contributed by atoms with Crippen molar-refractivity contribution in [1.29, 1.82) is 0 Å². The average molecular weight is 357 g/mol. The van der Waals surface area contributed by atoms with Crippen LogP contribution in [-0.4, -0.2) is 16.4 Å². The number of nitrogens with zero attached hydrogens (tertiary/aromatic N) is 3. The zero-order chi connectivity index (χ0) is 17.6. The predicted molar refractivity (Wildman–Crippen MR) is 95.4 cm³/mol. The second kappa shape index (κ2) is 7.72. The lowest BCUT2D eigenvalue weighted by molar-refractivity contribution is -0.106. The Hall–Kier alpha value is -2.99. The van der Waals surface area contributed by atoms with Crippen LogP contribution in [0.4, 0.5) is 21.6 Å². The lowest BCUT2D eigenvalue weighted by atomic mass is 10.2. The van der Waals surface area contributed by atoms with Crippen molar-refractivity contribution in [3.63, 3.8) is 0 Å². The second-order valence-electron chi connectivity index (χ2n) is 5.17. The number of carbonyl (C=O) groups excluding carboxylic acids is 1. The zero-order valence-corrected chi connectivity index (χ0v) is 13.8. The van der Waals surface area contributed by atoms with Crippen LogP contribution in [0.5, 0.6) is 0 Å². The van der Waals surface area contributed by atoms with E-state index in [-0.39, 0.29) is 5.15 Å². The Kier molecular flexibility index (Phi) is 5.20. The van der Waals surface area contributed by atoms with Crippen molar-refractivity contribution >= 4 is 35.2 Å². The Morgan fingerprint density at radius 1 is 1.16 bits per heavy atom. The van der Waals surface area contributed by atoms with Gasteiger partial charge in [0.1, 0.15) is 11.0 Å². The highest BCUT2D eigenvalue weighted by molar-refractivity contribution is 6.29. The molecular formula is C18H14ClFN4O. The topological polar surface area (TPSA) is 58.1 Å². The number of carbonyl (C=O) groups is 1. The highest BCUT2D eigenvalue weighted by Gasteiger charge is 2.15. The second-order valence-corrected chi connectivity index (χ2v) is 5.55. The number of halogens is 2. The maximum atomic E-state index is 13.5. The van der Waals surface area contributed by atoms with Crippen molar-refractivity contribution in [2.24, 2.45) is 0 Å². The summed E-state index contributed by atoms with van der Waals surface area (Å²) in [4.78, 5) is 21.2. The van der Waals surface area contributed by atoms with Gasteiger partial charge in [-0.3, -0.25) is 14.7 Å². The van der Waals surface area contributed by atoms with E-state index in [4.69, 9.17) is 11.6 Å². The molecule has 0 spiro atoms. The molecule has 5 nitrogen and oxygen atoms in total. The number of amides is 1. The number of aromatic nitrogens is 2. The first-order valence-corrected chi connectivity index (χ1v) is 7.84. The van der Waals surface area contributed by atoms with Crippen LogP contribution in [0.3, 0.4) is 0 Å². The van der Waals surface area contributed by atoms with Crippen LogP contribution in [-0.2, 0) is 11.3 Å². The van der Waals surface area contributed by atoms with Gasteiger partial charge in [0.25, 0.3) is 0 Å². The van der Waals surface area contributed by atoms with Crippen molar-refractivity contribution in [2.75, 3.05) is 10.2 Å². The van der Waals surface area contributed by atoms with Gasteiger partial charge in [0.2, 0.25) is 6.41 Å². The molecule has 0 aliphatic rings. The SMILES string of the molecule is O=CN(c1cccc(F)c1)c1ccc(Cl)nc1NCc1ccncc1. The lowest BCUT2D eigenvalue weighted by Crippen LogP contribution is -2.17. The molecule has 1 N–H and O–H groups in total. The molecule has 0 bridgehead atoms. The number of hydrogen-bond donors (Lipinski definition) is 1. The molecule has 2 heterocycles. The molecule has 3 aromatic rings. The number of anilines is 3. The Balaban J connectivity index is 1.93. The first-order valence-electron chi connectivity index (χ1n) is 7.47. The Labute approximate surface area is 149 Å². The minimum Gasteiger partial charge on any atom is -0.364 e. The molecule has 0 aliphatic heterocycles. The summed E-state index contributed by atoms with van der Waals surface area (Å²) in [5, 5.41) is 3.44. The first-order chi connectivity index (χ1) is 12.2. The molecule has 0 aliphatic carbocycles. The van der Waals surface area contributed by atoms with Crippen molar-refractivity contribution in [2.45, 2.75) is 6.54 Å². The van der Waals surface area contributed by atoms with E-state index in [2.05, 4.69) is 15.3 Å². The molecule has 0 radical (unpaired) electrons. The third kappa shape index (κ3) is 4.10. The average Bonchev–Trinajstić information content (AvgIpc) is 2.63. The largest absolute Gasteiger partial charge is 0.364 e. The highest BCUT2D eigenvalue weighted by Crippen LogP contribution is 2.31. The molecule has 2 aromatic heterocycles. The van der Waals surface area contributed by atoms with E-state index < -0.39 is 5.82 Å². The van der Waals surface area contributed by atoms with Gasteiger partial charge in [-0.25, -0.2) is 9.37 Å². The summed E-state index contributed by atoms with van der Waals surface area (Å²) in [5.74, 6) is -0.0155. The van der Waals surface area contributed by atoms with Crippen LogP contribution in [0.15, 0.2) is 60.9 Å². The quantitative estimate of drug-likeness (QED) is 0.532. The van der Waals surface area contributed by atoms with E-state index in [1.165, 1.54) is 23.1 Å². The van der Waals surface area contributed by atoms with E-state index in [0.29, 0.717) is 30.1 Å².